The number of unbranched alkanes of at least 4 members (excludes halogenated alkanes) is 1. The molecule has 0 bridgehead atoms. The predicted molar refractivity (Wildman–Crippen MR) is 120 cm³/mol. The number of aliphatic hydroxyl groups is 1. The second-order valence-corrected chi connectivity index (χ2v) is 10.5. The Morgan fingerprint density at radius 2 is 2.14 bits per heavy atom. The number of rotatable bonds is 10. The molecule has 0 radical (unpaired) electrons. The van der Waals surface area contributed by atoms with E-state index in [1.165, 1.54) is 0 Å². The summed E-state index contributed by atoms with van der Waals surface area (Å²) in [5.41, 5.74) is 0.994. The lowest BCUT2D eigenvalue weighted by molar-refractivity contribution is 0.0237. The smallest absolute Gasteiger partial charge is 0.160 e. The van der Waals surface area contributed by atoms with Gasteiger partial charge in [-0.05, 0) is 55.8 Å². The van der Waals surface area contributed by atoms with E-state index in [4.69, 9.17) is 4.74 Å². The predicted octanol–water partition coefficient (Wildman–Crippen LogP) is 4.81. The Balaban J connectivity index is 2.40. The number of ether oxygens (including phenoxy) is 1. The molecular weight excluding hydrogens is 392 g/mol. The highest BCUT2D eigenvalue weighted by atomic mass is 32.2. The van der Waals surface area contributed by atoms with Crippen LogP contribution in [-0.2, 0) is 15.8 Å². The van der Waals surface area contributed by atoms with Gasteiger partial charge in [-0.15, -0.1) is 0 Å². The van der Waals surface area contributed by atoms with E-state index in [1.54, 1.807) is 18.9 Å². The summed E-state index contributed by atoms with van der Waals surface area (Å²) in [4.78, 5) is 0. The zero-order valence-corrected chi connectivity index (χ0v) is 19.4. The highest BCUT2D eigenvalue weighted by molar-refractivity contribution is 7.99. The molecule has 162 valence electrons. The first-order chi connectivity index (χ1) is 13.4. The fourth-order valence-electron chi connectivity index (χ4n) is 4.71. The normalized spacial score (nSPS) is 32.4. The molecule has 6 heteroatoms. The van der Waals surface area contributed by atoms with E-state index in [0.717, 1.165) is 44.1 Å². The summed E-state index contributed by atoms with van der Waals surface area (Å²) in [5, 5.41) is 11.4. The van der Waals surface area contributed by atoms with Gasteiger partial charge in [-0.25, -0.2) is 4.21 Å². The van der Waals surface area contributed by atoms with Gasteiger partial charge in [-0.1, -0.05) is 44.9 Å². The van der Waals surface area contributed by atoms with E-state index in [-0.39, 0.29) is 29.1 Å². The summed E-state index contributed by atoms with van der Waals surface area (Å²) >= 11 is -0.129. The molecule has 0 saturated heterocycles. The third-order valence-corrected chi connectivity index (χ3v) is 8.44. The molecule has 0 saturated carbocycles. The topological polar surface area (TPSA) is 66.8 Å². The lowest BCUT2D eigenvalue weighted by Gasteiger charge is -2.41. The van der Waals surface area contributed by atoms with Crippen molar-refractivity contribution < 1.29 is 18.6 Å². The van der Waals surface area contributed by atoms with Crippen LogP contribution in [0.3, 0.4) is 0 Å². The molecule has 28 heavy (non-hydrogen) atoms. The average molecular weight is 431 g/mol. The second-order valence-electron chi connectivity index (χ2n) is 8.34. The minimum Gasteiger partial charge on any atom is -0.392 e. The Morgan fingerprint density at radius 1 is 1.39 bits per heavy atom. The van der Waals surface area contributed by atoms with Crippen LogP contribution >= 0.6 is 11.8 Å². The molecular formula is C22H38O4S2. The van der Waals surface area contributed by atoms with Crippen molar-refractivity contribution in [2.24, 2.45) is 17.8 Å². The zero-order valence-electron chi connectivity index (χ0n) is 17.8. The lowest BCUT2D eigenvalue weighted by atomic mass is 9.70. The molecule has 0 aromatic carbocycles. The van der Waals surface area contributed by atoms with Gasteiger partial charge < -0.3 is 14.4 Å². The third kappa shape index (κ3) is 6.18. The fraction of sp³-hybridized carbons (Fsp3) is 0.818. The van der Waals surface area contributed by atoms with Crippen molar-refractivity contribution in [1.29, 1.82) is 0 Å². The van der Waals surface area contributed by atoms with Gasteiger partial charge in [0.05, 0.1) is 17.5 Å². The Morgan fingerprint density at radius 3 is 2.75 bits per heavy atom. The molecule has 2 rings (SSSR count). The first-order valence-corrected chi connectivity index (χ1v) is 13.1. The highest BCUT2D eigenvalue weighted by Crippen LogP contribution is 2.42. The maximum absolute atomic E-state index is 12.2. The molecule has 8 atom stereocenters. The summed E-state index contributed by atoms with van der Waals surface area (Å²) in [5.74, 6) is 0.164. The summed E-state index contributed by atoms with van der Waals surface area (Å²) in [7, 11) is 1.74. The Kier molecular flexibility index (Phi) is 10.3. The lowest BCUT2D eigenvalue weighted by Crippen LogP contribution is -2.41. The van der Waals surface area contributed by atoms with Crippen LogP contribution in [0.15, 0.2) is 23.8 Å². The van der Waals surface area contributed by atoms with Crippen LogP contribution in [0.5, 0.6) is 0 Å². The van der Waals surface area contributed by atoms with E-state index in [9.17, 15) is 13.9 Å². The molecule has 4 nitrogen and oxygen atoms in total. The van der Waals surface area contributed by atoms with E-state index < -0.39 is 17.2 Å². The molecule has 2 aliphatic rings. The largest absolute Gasteiger partial charge is 0.392 e. The van der Waals surface area contributed by atoms with Gasteiger partial charge >= 0.3 is 0 Å². The summed E-state index contributed by atoms with van der Waals surface area (Å²) in [6.07, 6.45) is 14.8. The number of allylic oxidation sites excluding steroid dienone is 1. The van der Waals surface area contributed by atoms with Crippen LogP contribution in [0, 0.1) is 17.8 Å². The van der Waals surface area contributed by atoms with Gasteiger partial charge in [0.1, 0.15) is 0 Å². The molecule has 0 fully saturated rings. The van der Waals surface area contributed by atoms with E-state index in [0.29, 0.717) is 11.7 Å². The molecule has 0 spiro atoms. The van der Waals surface area contributed by atoms with E-state index in [1.807, 2.05) is 0 Å². The standard InChI is InChI=1S/C22H38O4S2/c1-5-6-8-15(2)22(23)21(16-9-7-10-17(13-16)26-3)19-14-18(27-4)11-12-20(19)28(24)25/h7,9,14-18,20-23H,5-6,8,10-13H2,1-4H3,(H,24,25). The summed E-state index contributed by atoms with van der Waals surface area (Å²) in [6, 6.07) is 0. The minimum atomic E-state index is -1.91. The van der Waals surface area contributed by atoms with Gasteiger partial charge in [0.2, 0.25) is 0 Å². The van der Waals surface area contributed by atoms with Gasteiger partial charge in [-0.2, -0.15) is 11.8 Å². The van der Waals surface area contributed by atoms with Crippen molar-refractivity contribution in [1.82, 2.24) is 0 Å². The van der Waals surface area contributed by atoms with Crippen LogP contribution in [-0.4, -0.2) is 49.9 Å². The number of hydrogen-bond donors (Lipinski definition) is 2. The van der Waals surface area contributed by atoms with Crippen molar-refractivity contribution in [3.63, 3.8) is 0 Å². The van der Waals surface area contributed by atoms with Crippen LogP contribution in [0.2, 0.25) is 0 Å². The molecule has 0 aliphatic heterocycles. The molecule has 2 aliphatic carbocycles. The zero-order chi connectivity index (χ0) is 20.7. The molecule has 0 amide bonds. The monoisotopic (exact) mass is 430 g/mol. The number of hydrogen-bond acceptors (Lipinski definition) is 4. The van der Waals surface area contributed by atoms with Gasteiger partial charge in [0, 0.05) is 18.3 Å². The van der Waals surface area contributed by atoms with Crippen molar-refractivity contribution in [3.8, 4) is 0 Å². The third-order valence-electron chi connectivity index (χ3n) is 6.47. The number of thioether (sulfide) groups is 1. The first kappa shape index (κ1) is 24.1. The van der Waals surface area contributed by atoms with Crippen LogP contribution < -0.4 is 0 Å². The van der Waals surface area contributed by atoms with Crippen LogP contribution in [0.4, 0.5) is 0 Å². The van der Waals surface area contributed by atoms with Gasteiger partial charge in [-0.3, -0.25) is 0 Å². The van der Waals surface area contributed by atoms with Crippen molar-refractivity contribution in [3.05, 3.63) is 23.8 Å². The molecule has 0 aromatic rings. The van der Waals surface area contributed by atoms with Crippen molar-refractivity contribution in [2.75, 3.05) is 13.4 Å². The fourth-order valence-corrected chi connectivity index (χ4v) is 6.18. The molecule has 0 aromatic heterocycles. The number of methoxy groups -OCH3 is 1. The SMILES string of the molecule is CCCCC(C)C(O)C(C1=CC(SC)CCC1S(=O)O)C1C=CCC(OC)C1. The molecule has 2 N–H and O–H groups in total. The first-order valence-electron chi connectivity index (χ1n) is 10.6. The maximum atomic E-state index is 12.2. The molecule has 0 heterocycles. The van der Waals surface area contributed by atoms with Crippen molar-refractivity contribution in [2.45, 2.75) is 81.5 Å². The molecule has 8 unspecified atom stereocenters. The quantitative estimate of drug-likeness (QED) is 0.384. The van der Waals surface area contributed by atoms with E-state index in [2.05, 4.69) is 38.3 Å². The summed E-state index contributed by atoms with van der Waals surface area (Å²) < 4.78 is 27.8. The Bertz CT molecular complexity index is 563. The van der Waals surface area contributed by atoms with Crippen LogP contribution in [0.1, 0.15) is 58.8 Å². The number of aliphatic hydroxyl groups excluding tert-OH is 1. The highest BCUT2D eigenvalue weighted by Gasteiger charge is 2.41. The van der Waals surface area contributed by atoms with Crippen molar-refractivity contribution >= 4 is 22.8 Å². The van der Waals surface area contributed by atoms with E-state index >= 15 is 0 Å². The summed E-state index contributed by atoms with van der Waals surface area (Å²) in [6.45, 7) is 4.29. The van der Waals surface area contributed by atoms with Gasteiger partial charge in [0.25, 0.3) is 0 Å². The minimum absolute atomic E-state index is 0.128. The maximum Gasteiger partial charge on any atom is 0.160 e. The Labute approximate surface area is 177 Å². The average Bonchev–Trinajstić information content (AvgIpc) is 2.71. The van der Waals surface area contributed by atoms with Crippen LogP contribution in [0.25, 0.3) is 0 Å². The Hall–Kier alpha value is -0.140. The van der Waals surface area contributed by atoms with Gasteiger partial charge in [0.15, 0.2) is 11.1 Å². The second kappa shape index (κ2) is 11.9.